The number of aliphatic hydroxyl groups is 4. The van der Waals surface area contributed by atoms with Gasteiger partial charge in [0.25, 0.3) is 0 Å². The van der Waals surface area contributed by atoms with Crippen LogP contribution in [0.25, 0.3) is 0 Å². The molecular weight excluding hydrogens is 600 g/mol. The number of phenolic OH excluding ortho intramolecular Hbond substituents is 3. The summed E-state index contributed by atoms with van der Waals surface area (Å²) in [4.78, 5) is 25.9. The molecule has 242 valence electrons. The lowest BCUT2D eigenvalue weighted by Crippen LogP contribution is -2.80. The van der Waals surface area contributed by atoms with Gasteiger partial charge in [-0.2, -0.15) is 0 Å². The van der Waals surface area contributed by atoms with Crippen LogP contribution in [0.4, 0.5) is 0 Å². The SMILES string of the molecule is C[C@@]12C[C@@]3(O)O[C@@H](O1)[C@]1(COC(=O)c4ccccc4)[C@H]3C[C@]12O[C@@H]1O[C@H](CO)[C@@H](O)[C@H](OC(=O)c2cc(O)c(O)c(O)c2)[C@H]1O. The van der Waals surface area contributed by atoms with Gasteiger partial charge in [-0.1, -0.05) is 18.2 Å². The van der Waals surface area contributed by atoms with Crippen molar-refractivity contribution in [2.24, 2.45) is 11.3 Å². The number of rotatable bonds is 8. The Balaban J connectivity index is 1.17. The van der Waals surface area contributed by atoms with Crippen molar-refractivity contribution in [2.75, 3.05) is 13.2 Å². The van der Waals surface area contributed by atoms with E-state index in [4.69, 9.17) is 28.4 Å². The molecule has 0 radical (unpaired) electrons. The normalized spacial score (nSPS) is 42.3. The first kappa shape index (κ1) is 30.1. The van der Waals surface area contributed by atoms with Gasteiger partial charge in [0.1, 0.15) is 36.1 Å². The van der Waals surface area contributed by atoms with Gasteiger partial charge < -0.3 is 64.2 Å². The van der Waals surface area contributed by atoms with Crippen LogP contribution >= 0.6 is 0 Å². The highest BCUT2D eigenvalue weighted by Crippen LogP contribution is 2.81. The largest absolute Gasteiger partial charge is 0.504 e. The van der Waals surface area contributed by atoms with E-state index in [2.05, 4.69) is 0 Å². The summed E-state index contributed by atoms with van der Waals surface area (Å²) in [7, 11) is 0. The standard InChI is InChI=1S/C30H32O15/c1-27-11-29(39)18-9-30(27,28(18,26(44-27)45-29)12-40-23(37)13-5-3-2-4-6-13)43-25-21(36)22(20(35)17(10-31)41-25)42-24(38)14-7-15(32)19(34)16(33)8-14/h2-8,17-18,20-22,25-26,31-36,39H,9-12H2,1H3/t17-,18-,20-,21-,22+,25+,26-,27+,28+,29-,30-/m1/s1. The zero-order valence-corrected chi connectivity index (χ0v) is 23.8. The molecule has 4 heterocycles. The summed E-state index contributed by atoms with van der Waals surface area (Å²) < 4.78 is 35.5. The predicted octanol–water partition coefficient (Wildman–Crippen LogP) is -0.376. The van der Waals surface area contributed by atoms with Crippen LogP contribution in [0.5, 0.6) is 17.2 Å². The Bertz CT molecular complexity index is 1510. The zero-order chi connectivity index (χ0) is 32.1. The van der Waals surface area contributed by atoms with Crippen molar-refractivity contribution in [1.82, 2.24) is 0 Å². The molecule has 9 rings (SSSR count). The Kier molecular flexibility index (Phi) is 6.68. The number of aromatic hydroxyl groups is 3. The number of phenols is 3. The Hall–Kier alpha value is -3.54. The average molecular weight is 633 g/mol. The summed E-state index contributed by atoms with van der Waals surface area (Å²) >= 11 is 0. The minimum Gasteiger partial charge on any atom is -0.504 e. The first-order chi connectivity index (χ1) is 21.3. The highest BCUT2D eigenvalue weighted by atomic mass is 16.8. The average Bonchev–Trinajstić information content (AvgIpc) is 3.20. The second-order valence-corrected chi connectivity index (χ2v) is 12.4. The maximum absolute atomic E-state index is 12.9. The topological polar surface area (TPSA) is 231 Å². The molecule has 45 heavy (non-hydrogen) atoms. The molecule has 7 aliphatic rings. The van der Waals surface area contributed by atoms with Gasteiger partial charge in [-0.15, -0.1) is 0 Å². The molecule has 7 fully saturated rings. The van der Waals surface area contributed by atoms with Crippen LogP contribution in [0.1, 0.15) is 40.5 Å². The summed E-state index contributed by atoms with van der Waals surface area (Å²) in [6.45, 7) is 0.644. The number of hydrogen-bond acceptors (Lipinski definition) is 15. The van der Waals surface area contributed by atoms with E-state index in [1.54, 1.807) is 37.3 Å². The molecule has 15 heteroatoms. The summed E-state index contributed by atoms with van der Waals surface area (Å²) in [5, 5.41) is 72.8. The van der Waals surface area contributed by atoms with Crippen molar-refractivity contribution in [2.45, 2.75) is 73.8 Å². The van der Waals surface area contributed by atoms with Crippen molar-refractivity contribution >= 4 is 11.9 Å². The molecule has 15 nitrogen and oxygen atoms in total. The lowest BCUT2D eigenvalue weighted by molar-refractivity contribution is -0.424. The minimum atomic E-state index is -1.85. The number of esters is 2. The van der Waals surface area contributed by atoms with Crippen LogP contribution in [-0.2, 0) is 28.4 Å². The van der Waals surface area contributed by atoms with E-state index in [1.807, 2.05) is 0 Å². The Morgan fingerprint density at radius 1 is 0.978 bits per heavy atom. The first-order valence-electron chi connectivity index (χ1n) is 14.4. The molecule has 0 aromatic heterocycles. The van der Waals surface area contributed by atoms with Crippen molar-refractivity contribution in [1.29, 1.82) is 0 Å². The maximum Gasteiger partial charge on any atom is 0.338 e. The number of carbonyl (C=O) groups excluding carboxylic acids is 2. The van der Waals surface area contributed by atoms with Crippen molar-refractivity contribution in [3.8, 4) is 17.2 Å². The van der Waals surface area contributed by atoms with E-state index < -0.39 is 107 Å². The Morgan fingerprint density at radius 3 is 2.33 bits per heavy atom. The highest BCUT2D eigenvalue weighted by Gasteiger charge is 2.94. The Morgan fingerprint density at radius 2 is 1.67 bits per heavy atom. The molecule has 3 aliphatic carbocycles. The van der Waals surface area contributed by atoms with Gasteiger partial charge >= 0.3 is 11.9 Å². The Labute approximate surface area is 255 Å². The summed E-state index contributed by atoms with van der Waals surface area (Å²) in [6.07, 6.45) is -9.30. The molecule has 7 N–H and O–H groups in total. The molecule has 4 saturated heterocycles. The predicted molar refractivity (Wildman–Crippen MR) is 143 cm³/mol. The fourth-order valence-corrected chi connectivity index (χ4v) is 7.91. The molecule has 0 unspecified atom stereocenters. The fourth-order valence-electron chi connectivity index (χ4n) is 7.91. The lowest BCUT2D eigenvalue weighted by Gasteiger charge is -2.67. The molecule has 4 aliphatic heterocycles. The summed E-state index contributed by atoms with van der Waals surface area (Å²) in [5.41, 5.74) is -3.94. The van der Waals surface area contributed by atoms with E-state index in [0.717, 1.165) is 12.1 Å². The number of hydrogen-bond donors (Lipinski definition) is 7. The number of ether oxygens (including phenoxy) is 6. The van der Waals surface area contributed by atoms with Crippen LogP contribution in [-0.4, -0.2) is 115 Å². The van der Waals surface area contributed by atoms with Gasteiger partial charge in [-0.05, 0) is 37.6 Å². The van der Waals surface area contributed by atoms with Gasteiger partial charge in [-0.25, -0.2) is 9.59 Å². The van der Waals surface area contributed by atoms with Gasteiger partial charge in [0.2, 0.25) is 0 Å². The fraction of sp³-hybridized carbons (Fsp3) is 0.533. The first-order valence-corrected chi connectivity index (χ1v) is 14.4. The molecule has 2 aromatic rings. The molecule has 3 saturated carbocycles. The van der Waals surface area contributed by atoms with E-state index in [0.29, 0.717) is 5.56 Å². The molecule has 11 atom stereocenters. The van der Waals surface area contributed by atoms with Crippen molar-refractivity contribution in [3.63, 3.8) is 0 Å². The lowest BCUT2D eigenvalue weighted by atomic mass is 9.41. The molecule has 2 aromatic carbocycles. The van der Waals surface area contributed by atoms with Gasteiger partial charge in [0.05, 0.1) is 23.1 Å². The third kappa shape index (κ3) is 3.99. The second-order valence-electron chi connectivity index (χ2n) is 12.4. The van der Waals surface area contributed by atoms with E-state index in [1.165, 1.54) is 0 Å². The highest BCUT2D eigenvalue weighted by molar-refractivity contribution is 5.91. The second kappa shape index (κ2) is 9.98. The van der Waals surface area contributed by atoms with Crippen LogP contribution in [0.3, 0.4) is 0 Å². The molecule has 6 bridgehead atoms. The smallest absolute Gasteiger partial charge is 0.338 e. The van der Waals surface area contributed by atoms with Crippen LogP contribution in [0.2, 0.25) is 0 Å². The summed E-state index contributed by atoms with van der Waals surface area (Å²) in [6, 6.07) is 9.91. The maximum atomic E-state index is 12.9. The van der Waals surface area contributed by atoms with Gasteiger partial charge in [0.15, 0.2) is 41.7 Å². The van der Waals surface area contributed by atoms with Gasteiger partial charge in [0, 0.05) is 12.3 Å². The number of carbonyl (C=O) groups is 2. The van der Waals surface area contributed by atoms with Crippen LogP contribution in [0, 0.1) is 11.3 Å². The number of benzene rings is 2. The summed E-state index contributed by atoms with van der Waals surface area (Å²) in [5.74, 6) is -6.49. The van der Waals surface area contributed by atoms with Crippen LogP contribution < -0.4 is 0 Å². The van der Waals surface area contributed by atoms with Crippen LogP contribution in [0.15, 0.2) is 42.5 Å². The zero-order valence-electron chi connectivity index (χ0n) is 23.8. The molecule has 0 amide bonds. The van der Waals surface area contributed by atoms with Crippen molar-refractivity contribution < 1.29 is 73.8 Å². The molecular formula is C30H32O15. The van der Waals surface area contributed by atoms with E-state index in [9.17, 15) is 45.3 Å². The van der Waals surface area contributed by atoms with E-state index >= 15 is 0 Å². The third-order valence-corrected chi connectivity index (χ3v) is 10.1. The third-order valence-electron chi connectivity index (χ3n) is 10.1. The monoisotopic (exact) mass is 632 g/mol. The van der Waals surface area contributed by atoms with Gasteiger partial charge in [-0.3, -0.25) is 0 Å². The quantitative estimate of drug-likeness (QED) is 0.145. The molecule has 0 spiro atoms. The van der Waals surface area contributed by atoms with E-state index in [-0.39, 0.29) is 19.4 Å². The van der Waals surface area contributed by atoms with Crippen molar-refractivity contribution in [3.05, 3.63) is 53.6 Å². The number of aliphatic hydroxyl groups excluding tert-OH is 3. The minimum absolute atomic E-state index is 0.0172.